The summed E-state index contributed by atoms with van der Waals surface area (Å²) in [7, 11) is 0. The highest BCUT2D eigenvalue weighted by atomic mass is 35.5. The second-order valence-corrected chi connectivity index (χ2v) is 9.59. The normalized spacial score (nSPS) is 11.5. The van der Waals surface area contributed by atoms with Gasteiger partial charge >= 0.3 is 0 Å². The van der Waals surface area contributed by atoms with Crippen LogP contribution in [0.2, 0.25) is 10.0 Å². The summed E-state index contributed by atoms with van der Waals surface area (Å²) in [6.45, 7) is 8.46. The molecule has 37 heavy (non-hydrogen) atoms. The van der Waals surface area contributed by atoms with E-state index in [1.165, 1.54) is 6.07 Å². The Hall–Kier alpha value is -2.81. The maximum absolute atomic E-state index is 13.6. The lowest BCUT2D eigenvalue weighted by atomic mass is 10.2. The Morgan fingerprint density at radius 1 is 0.946 bits per heavy atom. The molecule has 0 aliphatic heterocycles. The molecular formula is C27H30Cl2F2N6. The zero-order valence-electron chi connectivity index (χ0n) is 20.9. The van der Waals surface area contributed by atoms with Crippen LogP contribution in [0.25, 0.3) is 22.6 Å². The second kappa shape index (κ2) is 12.6. The van der Waals surface area contributed by atoms with E-state index in [1.54, 1.807) is 24.4 Å². The largest absolute Gasteiger partial charge is 0.350 e. The van der Waals surface area contributed by atoms with Gasteiger partial charge in [0.05, 0.1) is 21.8 Å². The molecule has 4 aromatic rings. The lowest BCUT2D eigenvalue weighted by molar-refractivity contribution is 0.295. The van der Waals surface area contributed by atoms with E-state index >= 15 is 0 Å². The number of aromatic nitrogens is 4. The highest BCUT2D eigenvalue weighted by Crippen LogP contribution is 2.35. The maximum Gasteiger partial charge on any atom is 0.225 e. The number of nitrogens with one attached hydrogen (secondary N) is 1. The number of anilines is 1. The number of rotatable bonds is 12. The zero-order valence-corrected chi connectivity index (χ0v) is 22.5. The molecule has 1 N–H and O–H groups in total. The van der Waals surface area contributed by atoms with Crippen LogP contribution in [0, 0.1) is 11.6 Å². The highest BCUT2D eigenvalue weighted by Gasteiger charge is 2.19. The molecule has 6 nitrogen and oxygen atoms in total. The summed E-state index contributed by atoms with van der Waals surface area (Å²) < 4.78 is 28.9. The molecule has 0 saturated heterocycles. The summed E-state index contributed by atoms with van der Waals surface area (Å²) in [5, 5.41) is 4.11. The van der Waals surface area contributed by atoms with Gasteiger partial charge in [0, 0.05) is 13.1 Å². The molecule has 2 aromatic carbocycles. The molecule has 0 spiro atoms. The number of hydrogen-bond acceptors (Lipinski definition) is 5. The van der Waals surface area contributed by atoms with Gasteiger partial charge in [0.25, 0.3) is 0 Å². The molecule has 0 bridgehead atoms. The summed E-state index contributed by atoms with van der Waals surface area (Å²) in [6.07, 6.45) is 4.73. The second-order valence-electron chi connectivity index (χ2n) is 8.78. The van der Waals surface area contributed by atoms with Gasteiger partial charge in [-0.15, -0.1) is 0 Å². The number of aryl methyl sites for hydroxylation is 1. The number of benzene rings is 2. The molecule has 0 unspecified atom stereocenters. The fourth-order valence-corrected chi connectivity index (χ4v) is 4.84. The minimum Gasteiger partial charge on any atom is -0.350 e. The lowest BCUT2D eigenvalue weighted by Gasteiger charge is -2.17. The average molecular weight is 547 g/mol. The van der Waals surface area contributed by atoms with Crippen molar-refractivity contribution in [1.82, 2.24) is 24.4 Å². The quantitative estimate of drug-likeness (QED) is 0.190. The van der Waals surface area contributed by atoms with E-state index in [4.69, 9.17) is 33.2 Å². The Bertz CT molecular complexity index is 1340. The molecule has 196 valence electrons. The van der Waals surface area contributed by atoms with Crippen LogP contribution in [0.5, 0.6) is 0 Å². The van der Waals surface area contributed by atoms with Gasteiger partial charge in [0.15, 0.2) is 17.3 Å². The molecule has 0 saturated carbocycles. The van der Waals surface area contributed by atoms with E-state index in [9.17, 15) is 8.78 Å². The summed E-state index contributed by atoms with van der Waals surface area (Å²) in [6, 6.07) is 9.15. The Morgan fingerprint density at radius 2 is 1.70 bits per heavy atom. The fraction of sp³-hybridized carbons (Fsp3) is 0.370. The summed E-state index contributed by atoms with van der Waals surface area (Å²) in [5.74, 6) is -0.776. The number of imidazole rings is 1. The number of unbranched alkanes of at least 4 members (excludes halogenated alkanes) is 2. The number of fused-ring (bicyclic) bond motifs is 1. The van der Waals surface area contributed by atoms with Crippen LogP contribution in [-0.4, -0.2) is 44.1 Å². The van der Waals surface area contributed by atoms with E-state index in [-0.39, 0.29) is 6.54 Å². The molecular weight excluding hydrogens is 517 g/mol. The fourth-order valence-electron chi connectivity index (χ4n) is 4.27. The van der Waals surface area contributed by atoms with Gasteiger partial charge in [-0.1, -0.05) is 55.6 Å². The molecule has 0 atom stereocenters. The third-order valence-electron chi connectivity index (χ3n) is 6.36. The topological polar surface area (TPSA) is 58.9 Å². The number of halogens is 4. The zero-order chi connectivity index (χ0) is 26.4. The molecule has 0 fully saturated rings. The third kappa shape index (κ3) is 6.55. The lowest BCUT2D eigenvalue weighted by Crippen LogP contribution is -2.23. The molecule has 0 aliphatic carbocycles. The molecule has 10 heteroatoms. The third-order valence-corrected chi connectivity index (χ3v) is 6.99. The first-order valence-corrected chi connectivity index (χ1v) is 13.2. The van der Waals surface area contributed by atoms with Crippen molar-refractivity contribution >= 4 is 40.3 Å². The SMILES string of the molecule is CCN(CC)CCCCCn1c(-c2c(Cl)cccc2Cl)nc2cnc(NCc3ccc(F)c(F)c3)nc21. The van der Waals surface area contributed by atoms with Crippen LogP contribution < -0.4 is 5.32 Å². The minimum absolute atomic E-state index is 0.241. The molecule has 0 aliphatic rings. The summed E-state index contributed by atoms with van der Waals surface area (Å²) >= 11 is 13.1. The predicted molar refractivity (Wildman–Crippen MR) is 146 cm³/mol. The van der Waals surface area contributed by atoms with E-state index < -0.39 is 11.6 Å². The van der Waals surface area contributed by atoms with Crippen LogP contribution in [0.3, 0.4) is 0 Å². The van der Waals surface area contributed by atoms with Gasteiger partial charge in [0.2, 0.25) is 5.95 Å². The molecule has 2 heterocycles. The Morgan fingerprint density at radius 3 is 2.41 bits per heavy atom. The maximum atomic E-state index is 13.6. The summed E-state index contributed by atoms with van der Waals surface area (Å²) in [4.78, 5) is 16.3. The van der Waals surface area contributed by atoms with Crippen LogP contribution in [0.4, 0.5) is 14.7 Å². The van der Waals surface area contributed by atoms with Gasteiger partial charge in [-0.2, -0.15) is 4.98 Å². The summed E-state index contributed by atoms with van der Waals surface area (Å²) in [5.41, 5.74) is 2.50. The number of nitrogens with zero attached hydrogens (tertiary/aromatic N) is 5. The van der Waals surface area contributed by atoms with Crippen LogP contribution in [0.1, 0.15) is 38.7 Å². The van der Waals surface area contributed by atoms with E-state index in [0.29, 0.717) is 50.7 Å². The minimum atomic E-state index is -0.893. The van der Waals surface area contributed by atoms with Crippen molar-refractivity contribution in [3.63, 3.8) is 0 Å². The highest BCUT2D eigenvalue weighted by molar-refractivity contribution is 6.39. The van der Waals surface area contributed by atoms with Gasteiger partial charge in [-0.25, -0.2) is 18.7 Å². The first-order valence-electron chi connectivity index (χ1n) is 12.5. The van der Waals surface area contributed by atoms with Crippen molar-refractivity contribution in [1.29, 1.82) is 0 Å². The Balaban J connectivity index is 1.60. The van der Waals surface area contributed by atoms with E-state index in [0.717, 1.165) is 51.0 Å². The van der Waals surface area contributed by atoms with Gasteiger partial charge in [0.1, 0.15) is 11.3 Å². The smallest absolute Gasteiger partial charge is 0.225 e. The van der Waals surface area contributed by atoms with Crippen LogP contribution in [-0.2, 0) is 13.1 Å². The number of hydrogen-bond donors (Lipinski definition) is 1. The Labute approximate surface area is 225 Å². The standard InChI is InChI=1S/C27H30Cl2F2N6/c1-3-36(4-2)13-6-5-7-14-37-25-23(34-26(37)24-19(28)9-8-10-20(24)29)17-33-27(35-25)32-16-18-11-12-21(30)22(31)15-18/h8-12,15,17H,3-7,13-14,16H2,1-2H3,(H,32,33,35). The van der Waals surface area contributed by atoms with Crippen molar-refractivity contribution in [2.24, 2.45) is 0 Å². The first-order chi connectivity index (χ1) is 17.9. The molecule has 4 rings (SSSR count). The van der Waals surface area contributed by atoms with Crippen molar-refractivity contribution in [2.75, 3.05) is 25.0 Å². The van der Waals surface area contributed by atoms with Crippen molar-refractivity contribution in [3.05, 3.63) is 69.8 Å². The molecule has 0 radical (unpaired) electrons. The van der Waals surface area contributed by atoms with Crippen molar-refractivity contribution in [2.45, 2.75) is 46.2 Å². The first kappa shape index (κ1) is 27.2. The van der Waals surface area contributed by atoms with Crippen LogP contribution in [0.15, 0.2) is 42.6 Å². The molecule has 0 amide bonds. The predicted octanol–water partition coefficient (Wildman–Crippen LogP) is 7.20. The average Bonchev–Trinajstić information content (AvgIpc) is 3.24. The van der Waals surface area contributed by atoms with E-state index in [2.05, 4.69) is 29.0 Å². The molecule has 2 aromatic heterocycles. The monoisotopic (exact) mass is 546 g/mol. The van der Waals surface area contributed by atoms with Crippen molar-refractivity contribution < 1.29 is 8.78 Å². The van der Waals surface area contributed by atoms with Gasteiger partial charge in [-0.3, -0.25) is 0 Å². The van der Waals surface area contributed by atoms with Crippen LogP contribution >= 0.6 is 23.2 Å². The van der Waals surface area contributed by atoms with Gasteiger partial charge in [-0.05, 0) is 62.3 Å². The van der Waals surface area contributed by atoms with Gasteiger partial charge < -0.3 is 14.8 Å². The Kier molecular flexibility index (Phi) is 9.29. The van der Waals surface area contributed by atoms with E-state index in [1.807, 2.05) is 4.57 Å². The van der Waals surface area contributed by atoms with Crippen molar-refractivity contribution in [3.8, 4) is 11.4 Å².